The van der Waals surface area contributed by atoms with Crippen molar-refractivity contribution in [2.24, 2.45) is 4.99 Å². The summed E-state index contributed by atoms with van der Waals surface area (Å²) in [6.07, 6.45) is 7.65. The molecule has 2 aliphatic heterocycles. The highest BCUT2D eigenvalue weighted by Crippen LogP contribution is 2.15. The fraction of sp³-hybridized carbons (Fsp3) is 0.737. The first-order valence-electron chi connectivity index (χ1n) is 10.1. The summed E-state index contributed by atoms with van der Waals surface area (Å²) in [6.45, 7) is 12.3. The van der Waals surface area contributed by atoms with Crippen LogP contribution in [0, 0.1) is 0 Å². The summed E-state index contributed by atoms with van der Waals surface area (Å²) in [5.41, 5.74) is 0. The summed E-state index contributed by atoms with van der Waals surface area (Å²) in [7, 11) is 0. The van der Waals surface area contributed by atoms with Crippen LogP contribution in [0.1, 0.15) is 33.1 Å². The molecule has 2 aliphatic rings. The standard InChI is InChI=1S/C19H33N7/c1-3-20-18(23-10-12-24-11-5-4-7-17(24)2)25-13-15-26(16-14-25)19-21-8-6-9-22-19/h6,8-9,17H,3-5,7,10-16H2,1-2H3,(H,20,23). The fourth-order valence-corrected chi connectivity index (χ4v) is 3.77. The lowest BCUT2D eigenvalue weighted by atomic mass is 10.0. The Balaban J connectivity index is 1.51. The van der Waals surface area contributed by atoms with Crippen LogP contribution >= 0.6 is 0 Å². The maximum Gasteiger partial charge on any atom is 0.225 e. The zero-order valence-corrected chi connectivity index (χ0v) is 16.3. The van der Waals surface area contributed by atoms with Gasteiger partial charge in [0, 0.05) is 57.7 Å². The molecule has 144 valence electrons. The van der Waals surface area contributed by atoms with Crippen LogP contribution in [0.2, 0.25) is 0 Å². The van der Waals surface area contributed by atoms with Crippen molar-refractivity contribution in [1.29, 1.82) is 0 Å². The minimum atomic E-state index is 0.705. The second-order valence-corrected chi connectivity index (χ2v) is 7.14. The number of piperidine rings is 1. The van der Waals surface area contributed by atoms with E-state index in [2.05, 4.69) is 43.8 Å². The quantitative estimate of drug-likeness (QED) is 0.634. The Morgan fingerprint density at radius 3 is 2.62 bits per heavy atom. The molecule has 1 aromatic heterocycles. The summed E-state index contributed by atoms with van der Waals surface area (Å²) in [5.74, 6) is 1.87. The van der Waals surface area contributed by atoms with Crippen LogP contribution in [0.25, 0.3) is 0 Å². The number of hydrogen-bond acceptors (Lipinski definition) is 5. The molecule has 1 aromatic rings. The highest BCUT2D eigenvalue weighted by molar-refractivity contribution is 5.80. The van der Waals surface area contributed by atoms with E-state index in [0.717, 1.165) is 57.7 Å². The van der Waals surface area contributed by atoms with Crippen LogP contribution in [0.4, 0.5) is 5.95 Å². The Bertz CT molecular complexity index is 554. The van der Waals surface area contributed by atoms with E-state index in [-0.39, 0.29) is 0 Å². The largest absolute Gasteiger partial charge is 0.357 e. The molecule has 1 N–H and O–H groups in total. The van der Waals surface area contributed by atoms with Crippen molar-refractivity contribution in [3.63, 3.8) is 0 Å². The predicted octanol–water partition coefficient (Wildman–Crippen LogP) is 1.44. The van der Waals surface area contributed by atoms with Crippen molar-refractivity contribution in [3.8, 4) is 0 Å². The lowest BCUT2D eigenvalue weighted by molar-refractivity contribution is 0.165. The zero-order valence-electron chi connectivity index (χ0n) is 16.3. The lowest BCUT2D eigenvalue weighted by Crippen LogP contribution is -2.53. The molecule has 0 aromatic carbocycles. The van der Waals surface area contributed by atoms with Crippen LogP contribution in [0.3, 0.4) is 0 Å². The van der Waals surface area contributed by atoms with E-state index in [0.29, 0.717) is 6.04 Å². The lowest BCUT2D eigenvalue weighted by Gasteiger charge is -2.36. The van der Waals surface area contributed by atoms with E-state index in [1.807, 2.05) is 18.5 Å². The van der Waals surface area contributed by atoms with Gasteiger partial charge in [0.15, 0.2) is 5.96 Å². The maximum atomic E-state index is 4.90. The highest BCUT2D eigenvalue weighted by atomic mass is 15.4. The van der Waals surface area contributed by atoms with E-state index < -0.39 is 0 Å². The molecule has 0 radical (unpaired) electrons. The minimum absolute atomic E-state index is 0.705. The van der Waals surface area contributed by atoms with Crippen molar-refractivity contribution >= 4 is 11.9 Å². The highest BCUT2D eigenvalue weighted by Gasteiger charge is 2.21. The number of likely N-dealkylation sites (tertiary alicyclic amines) is 1. The average molecular weight is 360 g/mol. The molecule has 0 spiro atoms. The molecule has 3 heterocycles. The smallest absolute Gasteiger partial charge is 0.225 e. The van der Waals surface area contributed by atoms with Gasteiger partial charge in [-0.25, -0.2) is 9.97 Å². The number of nitrogens with one attached hydrogen (secondary N) is 1. The molecular weight excluding hydrogens is 326 g/mol. The molecule has 3 rings (SSSR count). The second kappa shape index (κ2) is 9.71. The Kier molecular flexibility index (Phi) is 7.05. The Morgan fingerprint density at radius 2 is 1.92 bits per heavy atom. The molecular formula is C19H33N7. The van der Waals surface area contributed by atoms with Crippen molar-refractivity contribution in [1.82, 2.24) is 25.1 Å². The SMILES string of the molecule is CCNC(=NCCN1CCCCC1C)N1CCN(c2ncccn2)CC1. The molecule has 1 atom stereocenters. The van der Waals surface area contributed by atoms with Gasteiger partial charge in [0.1, 0.15) is 0 Å². The number of anilines is 1. The molecule has 0 saturated carbocycles. The molecule has 2 fully saturated rings. The minimum Gasteiger partial charge on any atom is -0.357 e. The summed E-state index contributed by atoms with van der Waals surface area (Å²) in [4.78, 5) is 20.8. The monoisotopic (exact) mass is 359 g/mol. The second-order valence-electron chi connectivity index (χ2n) is 7.14. The third-order valence-electron chi connectivity index (χ3n) is 5.34. The van der Waals surface area contributed by atoms with Crippen LogP contribution in [0.5, 0.6) is 0 Å². The number of guanidine groups is 1. The Labute approximate surface area is 157 Å². The molecule has 2 saturated heterocycles. The van der Waals surface area contributed by atoms with Gasteiger partial charge in [-0.05, 0) is 39.3 Å². The topological polar surface area (TPSA) is 59.9 Å². The van der Waals surface area contributed by atoms with Gasteiger partial charge in [-0.2, -0.15) is 0 Å². The van der Waals surface area contributed by atoms with Crippen molar-refractivity contribution in [3.05, 3.63) is 18.5 Å². The molecule has 7 heteroatoms. The first-order valence-corrected chi connectivity index (χ1v) is 10.1. The molecule has 0 bridgehead atoms. The predicted molar refractivity (Wildman–Crippen MR) is 107 cm³/mol. The van der Waals surface area contributed by atoms with Gasteiger partial charge < -0.3 is 15.1 Å². The Hall–Kier alpha value is -1.89. The van der Waals surface area contributed by atoms with E-state index in [1.165, 1.54) is 25.8 Å². The van der Waals surface area contributed by atoms with Gasteiger partial charge in [-0.1, -0.05) is 6.42 Å². The molecule has 1 unspecified atom stereocenters. The summed E-state index contributed by atoms with van der Waals surface area (Å²) in [5, 5.41) is 3.46. The third-order valence-corrected chi connectivity index (χ3v) is 5.34. The fourth-order valence-electron chi connectivity index (χ4n) is 3.77. The molecule has 0 aliphatic carbocycles. The van der Waals surface area contributed by atoms with E-state index in [4.69, 9.17) is 4.99 Å². The van der Waals surface area contributed by atoms with Crippen molar-refractivity contribution in [2.45, 2.75) is 39.2 Å². The van der Waals surface area contributed by atoms with E-state index >= 15 is 0 Å². The van der Waals surface area contributed by atoms with Gasteiger partial charge >= 0.3 is 0 Å². The molecule has 7 nitrogen and oxygen atoms in total. The van der Waals surface area contributed by atoms with Gasteiger partial charge in [-0.15, -0.1) is 0 Å². The number of rotatable bonds is 5. The normalized spacial score (nSPS) is 22.5. The van der Waals surface area contributed by atoms with Crippen LogP contribution in [-0.2, 0) is 0 Å². The zero-order chi connectivity index (χ0) is 18.2. The third kappa shape index (κ3) is 5.06. The van der Waals surface area contributed by atoms with Gasteiger partial charge in [0.25, 0.3) is 0 Å². The van der Waals surface area contributed by atoms with Crippen LogP contribution < -0.4 is 10.2 Å². The number of piperazine rings is 1. The maximum absolute atomic E-state index is 4.90. The van der Waals surface area contributed by atoms with Gasteiger partial charge in [0.2, 0.25) is 5.95 Å². The first-order chi connectivity index (χ1) is 12.8. The van der Waals surface area contributed by atoms with E-state index in [1.54, 1.807) is 0 Å². The average Bonchev–Trinajstić information content (AvgIpc) is 2.69. The number of hydrogen-bond donors (Lipinski definition) is 1. The van der Waals surface area contributed by atoms with Gasteiger partial charge in [-0.3, -0.25) is 9.89 Å². The molecule has 26 heavy (non-hydrogen) atoms. The number of nitrogens with zero attached hydrogens (tertiary/aromatic N) is 6. The summed E-state index contributed by atoms with van der Waals surface area (Å²) >= 11 is 0. The molecule has 0 amide bonds. The van der Waals surface area contributed by atoms with Crippen LogP contribution in [0.15, 0.2) is 23.5 Å². The Morgan fingerprint density at radius 1 is 1.15 bits per heavy atom. The number of aromatic nitrogens is 2. The van der Waals surface area contributed by atoms with Gasteiger partial charge in [0.05, 0.1) is 6.54 Å². The summed E-state index contributed by atoms with van der Waals surface area (Å²) in [6, 6.07) is 2.56. The van der Waals surface area contributed by atoms with Crippen molar-refractivity contribution < 1.29 is 0 Å². The van der Waals surface area contributed by atoms with Crippen molar-refractivity contribution in [2.75, 3.05) is 57.3 Å². The number of aliphatic imine (C=N–C) groups is 1. The van der Waals surface area contributed by atoms with Crippen LogP contribution in [-0.4, -0.2) is 84.1 Å². The summed E-state index contributed by atoms with van der Waals surface area (Å²) < 4.78 is 0. The first kappa shape index (κ1) is 18.9. The van der Waals surface area contributed by atoms with E-state index in [9.17, 15) is 0 Å².